The van der Waals surface area contributed by atoms with Crippen LogP contribution in [0.2, 0.25) is 0 Å². The standard InChI is InChI=1S/C26H28FN3O5/c1-5-35-22(32)14-20(28-26(34)29-24-21(31)9-10-30(4)25(24)33)17-11-18(13-19(27)12-17)23-15(2)7-6-8-16(23)3/h6-13,20,31H,5,14H2,1-4H3,(H2,28,29,34)/t20-/m0/s1. The van der Waals surface area contributed by atoms with Gasteiger partial charge in [0.2, 0.25) is 0 Å². The molecule has 0 spiro atoms. The molecule has 3 aromatic rings. The van der Waals surface area contributed by atoms with Gasteiger partial charge in [0, 0.05) is 13.2 Å². The summed E-state index contributed by atoms with van der Waals surface area (Å²) < 4.78 is 21.0. The van der Waals surface area contributed by atoms with E-state index in [0.717, 1.165) is 16.7 Å². The number of ether oxygens (including phenoxy) is 1. The van der Waals surface area contributed by atoms with Gasteiger partial charge in [0.25, 0.3) is 5.56 Å². The first-order valence-electron chi connectivity index (χ1n) is 11.1. The number of carbonyl (C=O) groups is 2. The number of esters is 1. The van der Waals surface area contributed by atoms with Crippen molar-refractivity contribution in [1.29, 1.82) is 0 Å². The Balaban J connectivity index is 1.98. The molecule has 0 aliphatic carbocycles. The number of aromatic nitrogens is 1. The molecule has 0 saturated heterocycles. The van der Waals surface area contributed by atoms with Crippen molar-refractivity contribution >= 4 is 17.7 Å². The van der Waals surface area contributed by atoms with E-state index in [-0.39, 0.29) is 18.7 Å². The van der Waals surface area contributed by atoms with Crippen LogP contribution in [0.25, 0.3) is 11.1 Å². The summed E-state index contributed by atoms with van der Waals surface area (Å²) in [5.74, 6) is -1.53. The van der Waals surface area contributed by atoms with E-state index in [1.54, 1.807) is 13.0 Å². The van der Waals surface area contributed by atoms with Gasteiger partial charge in [-0.2, -0.15) is 0 Å². The van der Waals surface area contributed by atoms with Crippen LogP contribution < -0.4 is 16.2 Å². The van der Waals surface area contributed by atoms with Gasteiger partial charge in [0.15, 0.2) is 5.69 Å². The molecule has 0 fully saturated rings. The molecule has 2 amide bonds. The fourth-order valence-corrected chi connectivity index (χ4v) is 3.91. The molecule has 1 atom stereocenters. The lowest BCUT2D eigenvalue weighted by Crippen LogP contribution is -2.36. The highest BCUT2D eigenvalue weighted by Crippen LogP contribution is 2.31. The van der Waals surface area contributed by atoms with Crippen LogP contribution in [0.3, 0.4) is 0 Å². The van der Waals surface area contributed by atoms with Crippen LogP contribution in [-0.2, 0) is 16.6 Å². The number of anilines is 1. The van der Waals surface area contributed by atoms with Gasteiger partial charge in [0.1, 0.15) is 11.6 Å². The molecule has 0 aliphatic heterocycles. The minimum Gasteiger partial charge on any atom is -0.505 e. The zero-order valence-electron chi connectivity index (χ0n) is 20.0. The molecule has 0 aliphatic rings. The van der Waals surface area contributed by atoms with Crippen LogP contribution in [-0.4, -0.2) is 28.3 Å². The van der Waals surface area contributed by atoms with E-state index >= 15 is 0 Å². The van der Waals surface area contributed by atoms with Gasteiger partial charge in [0.05, 0.1) is 19.1 Å². The van der Waals surface area contributed by atoms with Gasteiger partial charge in [-0.25, -0.2) is 9.18 Å². The quantitative estimate of drug-likeness (QED) is 0.435. The third-order valence-corrected chi connectivity index (χ3v) is 5.56. The number of rotatable bonds is 7. The molecule has 3 rings (SSSR count). The Bertz CT molecular complexity index is 1300. The number of aromatic hydroxyl groups is 1. The van der Waals surface area contributed by atoms with Crippen molar-refractivity contribution in [3.8, 4) is 16.9 Å². The first kappa shape index (κ1) is 25.5. The van der Waals surface area contributed by atoms with Crippen LogP contribution in [0.15, 0.2) is 53.5 Å². The Morgan fingerprint density at radius 1 is 1.14 bits per heavy atom. The number of halogens is 1. The van der Waals surface area contributed by atoms with Crippen molar-refractivity contribution in [3.05, 3.63) is 81.5 Å². The maximum absolute atomic E-state index is 14.7. The number of aryl methyl sites for hydroxylation is 3. The second-order valence-corrected chi connectivity index (χ2v) is 8.19. The lowest BCUT2D eigenvalue weighted by atomic mass is 9.92. The SMILES string of the molecule is CCOC(=O)C[C@H](NC(=O)Nc1c(O)ccn(C)c1=O)c1cc(F)cc(-c2c(C)cccc2C)c1. The predicted molar refractivity (Wildman–Crippen MR) is 131 cm³/mol. The van der Waals surface area contributed by atoms with Gasteiger partial charge in [-0.3, -0.25) is 9.59 Å². The van der Waals surface area contributed by atoms with Crippen LogP contribution in [0.1, 0.15) is 36.1 Å². The highest BCUT2D eigenvalue weighted by molar-refractivity contribution is 5.91. The lowest BCUT2D eigenvalue weighted by molar-refractivity contribution is -0.143. The third kappa shape index (κ3) is 6.06. The highest BCUT2D eigenvalue weighted by atomic mass is 19.1. The van der Waals surface area contributed by atoms with Crippen molar-refractivity contribution in [2.24, 2.45) is 7.05 Å². The van der Waals surface area contributed by atoms with E-state index in [1.165, 1.54) is 36.0 Å². The van der Waals surface area contributed by atoms with E-state index in [4.69, 9.17) is 4.74 Å². The summed E-state index contributed by atoms with van der Waals surface area (Å²) in [6.45, 7) is 5.63. The van der Waals surface area contributed by atoms with E-state index < -0.39 is 35.2 Å². The average Bonchev–Trinajstić information content (AvgIpc) is 2.78. The second kappa shape index (κ2) is 10.9. The number of amides is 2. The molecular weight excluding hydrogens is 453 g/mol. The fourth-order valence-electron chi connectivity index (χ4n) is 3.91. The number of nitrogens with one attached hydrogen (secondary N) is 2. The van der Waals surface area contributed by atoms with Gasteiger partial charge >= 0.3 is 12.0 Å². The normalized spacial score (nSPS) is 11.6. The minimum absolute atomic E-state index is 0.141. The van der Waals surface area contributed by atoms with Gasteiger partial charge in [-0.15, -0.1) is 0 Å². The molecule has 1 aromatic heterocycles. The number of hydrogen-bond donors (Lipinski definition) is 3. The van der Waals surface area contributed by atoms with Crippen molar-refractivity contribution < 1.29 is 23.8 Å². The Morgan fingerprint density at radius 3 is 2.49 bits per heavy atom. The van der Waals surface area contributed by atoms with Gasteiger partial charge in [-0.05, 0) is 72.9 Å². The number of pyridine rings is 1. The molecule has 8 nitrogen and oxygen atoms in total. The van der Waals surface area contributed by atoms with E-state index in [2.05, 4.69) is 10.6 Å². The minimum atomic E-state index is -0.970. The van der Waals surface area contributed by atoms with Crippen molar-refractivity contribution in [2.75, 3.05) is 11.9 Å². The van der Waals surface area contributed by atoms with Crippen LogP contribution in [0.5, 0.6) is 5.75 Å². The maximum atomic E-state index is 14.7. The molecule has 0 radical (unpaired) electrons. The number of hydrogen-bond acceptors (Lipinski definition) is 5. The third-order valence-electron chi connectivity index (χ3n) is 5.56. The van der Waals surface area contributed by atoms with Gasteiger partial charge < -0.3 is 25.0 Å². The van der Waals surface area contributed by atoms with E-state index in [1.807, 2.05) is 32.0 Å². The Kier molecular flexibility index (Phi) is 7.91. The summed E-state index contributed by atoms with van der Waals surface area (Å²) in [5, 5.41) is 14.9. The van der Waals surface area contributed by atoms with Crippen LogP contribution in [0, 0.1) is 19.7 Å². The zero-order valence-corrected chi connectivity index (χ0v) is 20.0. The summed E-state index contributed by atoms with van der Waals surface area (Å²) in [4.78, 5) is 37.3. The van der Waals surface area contributed by atoms with E-state index in [0.29, 0.717) is 11.1 Å². The average molecular weight is 482 g/mol. The Hall–Kier alpha value is -4.14. The Morgan fingerprint density at radius 2 is 1.83 bits per heavy atom. The molecule has 0 saturated carbocycles. The zero-order chi connectivity index (χ0) is 25.7. The molecule has 9 heteroatoms. The molecule has 3 N–H and O–H groups in total. The molecule has 0 unspecified atom stereocenters. The lowest BCUT2D eigenvalue weighted by Gasteiger charge is -2.21. The summed E-state index contributed by atoms with van der Waals surface area (Å²) in [5.41, 5.74) is 2.75. The fraction of sp³-hybridized carbons (Fsp3) is 0.269. The number of nitrogens with zero attached hydrogens (tertiary/aromatic N) is 1. The number of carbonyl (C=O) groups excluding carboxylic acids is 2. The van der Waals surface area contributed by atoms with Crippen molar-refractivity contribution in [1.82, 2.24) is 9.88 Å². The first-order valence-corrected chi connectivity index (χ1v) is 11.1. The second-order valence-electron chi connectivity index (χ2n) is 8.19. The topological polar surface area (TPSA) is 110 Å². The largest absolute Gasteiger partial charge is 0.505 e. The smallest absolute Gasteiger partial charge is 0.319 e. The number of benzene rings is 2. The Labute approximate surface area is 202 Å². The summed E-state index contributed by atoms with van der Waals surface area (Å²) in [6, 6.07) is 9.53. The molecule has 184 valence electrons. The van der Waals surface area contributed by atoms with E-state index in [9.17, 15) is 23.9 Å². The monoisotopic (exact) mass is 481 g/mol. The number of urea groups is 1. The summed E-state index contributed by atoms with van der Waals surface area (Å²) in [7, 11) is 1.47. The molecular formula is C26H28FN3O5. The van der Waals surface area contributed by atoms with Crippen molar-refractivity contribution in [2.45, 2.75) is 33.2 Å². The molecule has 35 heavy (non-hydrogen) atoms. The highest BCUT2D eigenvalue weighted by Gasteiger charge is 2.22. The molecule has 1 heterocycles. The van der Waals surface area contributed by atoms with Crippen LogP contribution >= 0.6 is 0 Å². The van der Waals surface area contributed by atoms with Gasteiger partial charge in [-0.1, -0.05) is 18.2 Å². The molecule has 2 aromatic carbocycles. The van der Waals surface area contributed by atoms with Crippen LogP contribution in [0.4, 0.5) is 14.9 Å². The summed E-state index contributed by atoms with van der Waals surface area (Å²) in [6.07, 6.45) is 1.09. The summed E-state index contributed by atoms with van der Waals surface area (Å²) >= 11 is 0. The molecule has 0 bridgehead atoms. The van der Waals surface area contributed by atoms with Crippen molar-refractivity contribution in [3.63, 3.8) is 0 Å². The first-order chi connectivity index (χ1) is 16.6. The maximum Gasteiger partial charge on any atom is 0.319 e. The predicted octanol–water partition coefficient (Wildman–Crippen LogP) is 4.33.